The first-order chi connectivity index (χ1) is 9.53. The van der Waals surface area contributed by atoms with E-state index in [-0.39, 0.29) is 5.56 Å². The van der Waals surface area contributed by atoms with Crippen LogP contribution in [-0.4, -0.2) is 28.7 Å². The van der Waals surface area contributed by atoms with Crippen LogP contribution in [0.1, 0.15) is 29.3 Å². The van der Waals surface area contributed by atoms with Crippen molar-refractivity contribution in [3.8, 4) is 0 Å². The van der Waals surface area contributed by atoms with E-state index in [0.29, 0.717) is 6.92 Å². The standard InChI is InChI=1S/C13H15F3N2O3/c1-8-3-5-9(6-4-8)11(20)18-17-10(19)7-12(2,21)13(14,15)16/h3-6,21H,7H2,1-2H3,(H,17,19)(H,18,20)/t12-/m0/s1. The van der Waals surface area contributed by atoms with Gasteiger partial charge in [-0.1, -0.05) is 17.7 Å². The number of aryl methyl sites for hydroxylation is 1. The Kier molecular flexibility index (Phi) is 4.95. The van der Waals surface area contributed by atoms with Crippen molar-refractivity contribution in [1.82, 2.24) is 10.9 Å². The van der Waals surface area contributed by atoms with Gasteiger partial charge in [0.2, 0.25) is 5.91 Å². The molecule has 1 aromatic rings. The van der Waals surface area contributed by atoms with E-state index in [9.17, 15) is 22.8 Å². The lowest BCUT2D eigenvalue weighted by Crippen LogP contribution is -2.49. The Balaban J connectivity index is 2.54. The lowest BCUT2D eigenvalue weighted by Gasteiger charge is -2.25. The van der Waals surface area contributed by atoms with Gasteiger partial charge in [-0.15, -0.1) is 0 Å². The minimum Gasteiger partial charge on any atom is -0.380 e. The minimum absolute atomic E-state index is 0.239. The molecule has 0 aliphatic carbocycles. The number of aliphatic hydroxyl groups is 1. The second kappa shape index (κ2) is 6.13. The zero-order valence-electron chi connectivity index (χ0n) is 11.4. The average Bonchev–Trinajstić information content (AvgIpc) is 2.35. The molecular formula is C13H15F3N2O3. The number of hydrogen-bond acceptors (Lipinski definition) is 3. The second-order valence-corrected chi connectivity index (χ2v) is 4.82. The van der Waals surface area contributed by atoms with Crippen LogP contribution in [0.4, 0.5) is 13.2 Å². The van der Waals surface area contributed by atoms with Crippen LogP contribution in [0.5, 0.6) is 0 Å². The van der Waals surface area contributed by atoms with Crippen molar-refractivity contribution >= 4 is 11.8 Å². The summed E-state index contributed by atoms with van der Waals surface area (Å²) in [7, 11) is 0. The maximum atomic E-state index is 12.4. The van der Waals surface area contributed by atoms with Crippen LogP contribution in [0, 0.1) is 6.92 Å². The van der Waals surface area contributed by atoms with Crippen molar-refractivity contribution < 1.29 is 27.9 Å². The van der Waals surface area contributed by atoms with Crippen molar-refractivity contribution in [3.63, 3.8) is 0 Å². The number of alkyl halides is 3. The van der Waals surface area contributed by atoms with E-state index in [4.69, 9.17) is 5.11 Å². The predicted octanol–water partition coefficient (Wildman–Crippen LogP) is 1.46. The van der Waals surface area contributed by atoms with Crippen molar-refractivity contribution in [1.29, 1.82) is 0 Å². The van der Waals surface area contributed by atoms with Gasteiger partial charge in [0.05, 0.1) is 6.42 Å². The summed E-state index contributed by atoms with van der Waals surface area (Å²) in [5.41, 5.74) is 1.81. The summed E-state index contributed by atoms with van der Waals surface area (Å²) in [5, 5.41) is 9.14. The molecule has 1 atom stereocenters. The number of carbonyl (C=O) groups is 2. The first kappa shape index (κ1) is 17.0. The third kappa shape index (κ3) is 4.75. The number of carbonyl (C=O) groups excluding carboxylic acids is 2. The van der Waals surface area contributed by atoms with Crippen molar-refractivity contribution in [3.05, 3.63) is 35.4 Å². The number of rotatable bonds is 3. The zero-order chi connectivity index (χ0) is 16.3. The zero-order valence-corrected chi connectivity index (χ0v) is 11.4. The number of hydrogen-bond donors (Lipinski definition) is 3. The van der Waals surface area contributed by atoms with Crippen molar-refractivity contribution in [2.24, 2.45) is 0 Å². The molecule has 116 valence electrons. The van der Waals surface area contributed by atoms with Crippen LogP contribution in [-0.2, 0) is 4.79 Å². The molecule has 0 aliphatic rings. The maximum absolute atomic E-state index is 12.4. The van der Waals surface area contributed by atoms with Crippen LogP contribution in [0.25, 0.3) is 0 Å². The van der Waals surface area contributed by atoms with Crippen LogP contribution in [0.2, 0.25) is 0 Å². The van der Waals surface area contributed by atoms with E-state index in [1.807, 2.05) is 17.8 Å². The number of benzene rings is 1. The highest BCUT2D eigenvalue weighted by molar-refractivity contribution is 5.95. The number of halogens is 3. The lowest BCUT2D eigenvalue weighted by molar-refractivity contribution is -0.253. The number of nitrogens with one attached hydrogen (secondary N) is 2. The Morgan fingerprint density at radius 2 is 1.67 bits per heavy atom. The molecule has 8 heteroatoms. The van der Waals surface area contributed by atoms with Crippen LogP contribution in [0.15, 0.2) is 24.3 Å². The third-order valence-corrected chi connectivity index (χ3v) is 2.74. The summed E-state index contributed by atoms with van der Waals surface area (Å²) in [6, 6.07) is 6.35. The van der Waals surface area contributed by atoms with Gasteiger partial charge in [-0.2, -0.15) is 13.2 Å². The molecular weight excluding hydrogens is 289 g/mol. The van der Waals surface area contributed by atoms with Gasteiger partial charge in [-0.3, -0.25) is 20.4 Å². The molecule has 0 spiro atoms. The van der Waals surface area contributed by atoms with Gasteiger partial charge in [-0.05, 0) is 26.0 Å². The van der Waals surface area contributed by atoms with Gasteiger partial charge in [0.25, 0.3) is 5.91 Å². The molecule has 0 bridgehead atoms. The second-order valence-electron chi connectivity index (χ2n) is 4.82. The van der Waals surface area contributed by atoms with Gasteiger partial charge in [-0.25, -0.2) is 0 Å². The molecule has 0 fully saturated rings. The number of amides is 2. The topological polar surface area (TPSA) is 78.4 Å². The Bertz CT molecular complexity index is 524. The van der Waals surface area contributed by atoms with Gasteiger partial charge in [0.15, 0.2) is 5.60 Å². The average molecular weight is 304 g/mol. The Hall–Kier alpha value is -2.09. The molecule has 0 radical (unpaired) electrons. The molecule has 21 heavy (non-hydrogen) atoms. The first-order valence-corrected chi connectivity index (χ1v) is 5.98. The minimum atomic E-state index is -4.94. The molecule has 0 saturated heterocycles. The molecule has 5 nitrogen and oxygen atoms in total. The summed E-state index contributed by atoms with van der Waals surface area (Å²) in [6.45, 7) is 2.30. The fraction of sp³-hybridized carbons (Fsp3) is 0.385. The SMILES string of the molecule is Cc1ccc(C(=O)NNC(=O)C[C@](C)(O)C(F)(F)F)cc1. The van der Waals surface area contributed by atoms with Gasteiger partial charge in [0, 0.05) is 5.56 Å². The summed E-state index contributed by atoms with van der Waals surface area (Å²) >= 11 is 0. The molecule has 0 unspecified atom stereocenters. The van der Waals surface area contributed by atoms with Gasteiger partial charge in [0.1, 0.15) is 0 Å². The highest BCUT2D eigenvalue weighted by Crippen LogP contribution is 2.32. The Morgan fingerprint density at radius 1 is 1.14 bits per heavy atom. The quantitative estimate of drug-likeness (QED) is 0.740. The molecule has 0 heterocycles. The van der Waals surface area contributed by atoms with Gasteiger partial charge >= 0.3 is 6.18 Å². The molecule has 0 aromatic heterocycles. The predicted molar refractivity (Wildman–Crippen MR) is 68.1 cm³/mol. The van der Waals surface area contributed by atoms with E-state index in [1.54, 1.807) is 12.1 Å². The van der Waals surface area contributed by atoms with E-state index in [0.717, 1.165) is 5.56 Å². The van der Waals surface area contributed by atoms with Crippen LogP contribution in [0.3, 0.4) is 0 Å². The largest absolute Gasteiger partial charge is 0.417 e. The monoisotopic (exact) mass is 304 g/mol. The summed E-state index contributed by atoms with van der Waals surface area (Å²) in [4.78, 5) is 22.9. The molecule has 0 saturated carbocycles. The highest BCUT2D eigenvalue weighted by Gasteiger charge is 2.51. The van der Waals surface area contributed by atoms with Gasteiger partial charge < -0.3 is 5.11 Å². The van der Waals surface area contributed by atoms with Crippen LogP contribution >= 0.6 is 0 Å². The summed E-state index contributed by atoms with van der Waals surface area (Å²) in [5.74, 6) is -1.83. The molecule has 1 aromatic carbocycles. The summed E-state index contributed by atoms with van der Waals surface area (Å²) in [6.07, 6.45) is -6.16. The lowest BCUT2D eigenvalue weighted by atomic mass is 10.0. The Morgan fingerprint density at radius 3 is 2.14 bits per heavy atom. The molecule has 1 rings (SSSR count). The van der Waals surface area contributed by atoms with E-state index in [1.165, 1.54) is 12.1 Å². The highest BCUT2D eigenvalue weighted by atomic mass is 19.4. The van der Waals surface area contributed by atoms with E-state index < -0.39 is 30.0 Å². The third-order valence-electron chi connectivity index (χ3n) is 2.74. The Labute approximate surface area is 119 Å². The fourth-order valence-electron chi connectivity index (χ4n) is 1.36. The van der Waals surface area contributed by atoms with Crippen molar-refractivity contribution in [2.45, 2.75) is 32.0 Å². The molecule has 2 amide bonds. The number of hydrazine groups is 1. The van der Waals surface area contributed by atoms with Crippen LogP contribution < -0.4 is 10.9 Å². The smallest absolute Gasteiger partial charge is 0.380 e. The maximum Gasteiger partial charge on any atom is 0.417 e. The molecule has 0 aliphatic heterocycles. The fourth-order valence-corrected chi connectivity index (χ4v) is 1.36. The van der Waals surface area contributed by atoms with E-state index >= 15 is 0 Å². The van der Waals surface area contributed by atoms with E-state index in [2.05, 4.69) is 0 Å². The first-order valence-electron chi connectivity index (χ1n) is 5.98. The molecule has 3 N–H and O–H groups in total. The normalized spacial score (nSPS) is 14.2. The van der Waals surface area contributed by atoms with Crippen molar-refractivity contribution in [2.75, 3.05) is 0 Å². The summed E-state index contributed by atoms with van der Waals surface area (Å²) < 4.78 is 37.1.